The summed E-state index contributed by atoms with van der Waals surface area (Å²) in [5.41, 5.74) is 10.5. The standard InChI is InChI=1S/C47H27N3OSe/c1-3-11-30(12-4-1)42-44(36-18-9-17-35-34-15-7-8-20-40(34)52-46(35)36)50-43-33(16-10-19-38(43)48-42)32-24-22-28-21-23-29-25-26-39-45(41(29)37(28)27-32)51-47(49-39)31-13-5-2-6-14-31/h1-27H. The van der Waals surface area contributed by atoms with E-state index >= 15 is 0 Å². The van der Waals surface area contributed by atoms with Gasteiger partial charge >= 0.3 is 253 Å². The van der Waals surface area contributed by atoms with E-state index in [1.165, 1.54) is 19.3 Å². The predicted octanol–water partition coefficient (Wildman–Crippen LogP) is 12.1. The van der Waals surface area contributed by atoms with Gasteiger partial charge in [0.25, 0.3) is 0 Å². The number of benzene rings is 8. The van der Waals surface area contributed by atoms with Crippen LogP contribution < -0.4 is 0 Å². The fourth-order valence-electron chi connectivity index (χ4n) is 7.62. The monoisotopic (exact) mass is 729 g/mol. The van der Waals surface area contributed by atoms with Crippen molar-refractivity contribution in [3.8, 4) is 45.1 Å². The molecular formula is C47H27N3OSe. The van der Waals surface area contributed by atoms with E-state index in [1.54, 1.807) is 0 Å². The SMILES string of the molecule is c1ccc(-c2nc3ccc4ccc5ccc(-c6cccc7nc(-c8ccccc8)c(-c8cccc9c8[se]c8ccccc89)nc67)cc5c4c3o2)cc1. The molecule has 8 aromatic carbocycles. The van der Waals surface area contributed by atoms with Gasteiger partial charge in [-0.05, 0) is 18.2 Å². The van der Waals surface area contributed by atoms with E-state index in [9.17, 15) is 0 Å². The van der Waals surface area contributed by atoms with Gasteiger partial charge in [-0.1, -0.05) is 18.2 Å². The molecule has 0 bridgehead atoms. The van der Waals surface area contributed by atoms with E-state index in [0.717, 1.165) is 82.9 Å². The zero-order valence-corrected chi connectivity index (χ0v) is 29.5. The van der Waals surface area contributed by atoms with Gasteiger partial charge in [0.05, 0.1) is 0 Å². The Hall–Kier alpha value is -6.39. The molecule has 0 aliphatic carbocycles. The molecule has 3 aromatic heterocycles. The maximum absolute atomic E-state index is 6.54. The molecule has 11 aromatic rings. The predicted molar refractivity (Wildman–Crippen MR) is 216 cm³/mol. The van der Waals surface area contributed by atoms with Crippen LogP contribution in [0.3, 0.4) is 0 Å². The summed E-state index contributed by atoms with van der Waals surface area (Å²) in [6.07, 6.45) is 0. The first-order valence-corrected chi connectivity index (χ1v) is 19.1. The average molecular weight is 729 g/mol. The number of oxazole rings is 1. The molecule has 3 heterocycles. The summed E-state index contributed by atoms with van der Waals surface area (Å²) in [5.74, 6) is 0.624. The van der Waals surface area contributed by atoms with E-state index < -0.39 is 0 Å². The molecule has 0 aliphatic rings. The molecule has 0 unspecified atom stereocenters. The number of rotatable bonds is 4. The van der Waals surface area contributed by atoms with Crippen molar-refractivity contribution in [3.05, 3.63) is 164 Å². The molecule has 0 saturated carbocycles. The van der Waals surface area contributed by atoms with Crippen molar-refractivity contribution in [3.63, 3.8) is 0 Å². The Bertz CT molecular complexity index is 3180. The molecule has 0 spiro atoms. The van der Waals surface area contributed by atoms with Crippen LogP contribution in [0.5, 0.6) is 0 Å². The first-order valence-electron chi connectivity index (χ1n) is 17.4. The molecule has 11 rings (SSSR count). The Kier molecular flexibility index (Phi) is 6.53. The molecule has 0 N–H and O–H groups in total. The topological polar surface area (TPSA) is 51.8 Å². The first kappa shape index (κ1) is 29.4. The van der Waals surface area contributed by atoms with E-state index in [4.69, 9.17) is 19.4 Å². The van der Waals surface area contributed by atoms with Gasteiger partial charge in [0.15, 0.2) is 0 Å². The Labute approximate surface area is 304 Å². The molecule has 0 atom stereocenters. The van der Waals surface area contributed by atoms with Gasteiger partial charge in [-0.15, -0.1) is 0 Å². The third-order valence-electron chi connectivity index (χ3n) is 10.1. The van der Waals surface area contributed by atoms with E-state index in [-0.39, 0.29) is 14.5 Å². The quantitative estimate of drug-likeness (QED) is 0.134. The fourth-order valence-corrected chi connectivity index (χ4v) is 10.2. The molecule has 0 fully saturated rings. The number of hydrogen-bond donors (Lipinski definition) is 0. The molecule has 0 amide bonds. The Morgan fingerprint density at radius 1 is 0.442 bits per heavy atom. The second-order valence-electron chi connectivity index (χ2n) is 13.1. The smallest absolute Gasteiger partial charge is 0.0615 e. The summed E-state index contributed by atoms with van der Waals surface area (Å²) in [7, 11) is 0. The van der Waals surface area contributed by atoms with Crippen LogP contribution in [0.4, 0.5) is 0 Å². The second-order valence-corrected chi connectivity index (χ2v) is 15.3. The number of aromatic nitrogens is 3. The summed E-state index contributed by atoms with van der Waals surface area (Å²) in [4.78, 5) is 15.9. The zero-order chi connectivity index (χ0) is 34.2. The van der Waals surface area contributed by atoms with Crippen LogP contribution in [0.2, 0.25) is 0 Å². The maximum atomic E-state index is 6.54. The Balaban J connectivity index is 1.16. The van der Waals surface area contributed by atoms with Crippen molar-refractivity contribution >= 4 is 77.5 Å². The average Bonchev–Trinajstić information content (AvgIpc) is 3.83. The summed E-state index contributed by atoms with van der Waals surface area (Å²) < 4.78 is 9.31. The van der Waals surface area contributed by atoms with Gasteiger partial charge in [-0.3, -0.25) is 0 Å². The van der Waals surface area contributed by atoms with Gasteiger partial charge in [0.1, 0.15) is 0 Å². The van der Waals surface area contributed by atoms with E-state index in [1.807, 2.05) is 36.4 Å². The van der Waals surface area contributed by atoms with Crippen molar-refractivity contribution in [2.75, 3.05) is 0 Å². The van der Waals surface area contributed by atoms with E-state index in [0.29, 0.717) is 5.89 Å². The van der Waals surface area contributed by atoms with Crippen molar-refractivity contribution in [1.29, 1.82) is 0 Å². The molecule has 4 nitrogen and oxygen atoms in total. The van der Waals surface area contributed by atoms with Crippen LogP contribution in [0.25, 0.3) is 108 Å². The summed E-state index contributed by atoms with van der Waals surface area (Å²) in [6.45, 7) is 0. The fraction of sp³-hybridized carbons (Fsp3) is 0. The van der Waals surface area contributed by atoms with Gasteiger partial charge in [-0.2, -0.15) is 0 Å². The third-order valence-corrected chi connectivity index (χ3v) is 12.6. The van der Waals surface area contributed by atoms with Crippen molar-refractivity contribution < 1.29 is 4.42 Å². The second kappa shape index (κ2) is 11.6. The number of para-hydroxylation sites is 1. The molecule has 0 saturated heterocycles. The van der Waals surface area contributed by atoms with Crippen molar-refractivity contribution in [2.45, 2.75) is 0 Å². The first-order chi connectivity index (χ1) is 25.8. The van der Waals surface area contributed by atoms with Crippen LogP contribution >= 0.6 is 0 Å². The van der Waals surface area contributed by atoms with Crippen molar-refractivity contribution in [1.82, 2.24) is 15.0 Å². The van der Waals surface area contributed by atoms with Gasteiger partial charge < -0.3 is 0 Å². The molecule has 242 valence electrons. The molecular weight excluding hydrogens is 701 g/mol. The molecule has 5 heteroatoms. The minimum atomic E-state index is 0.165. The number of hydrogen-bond acceptors (Lipinski definition) is 4. The molecule has 52 heavy (non-hydrogen) atoms. The summed E-state index contributed by atoms with van der Waals surface area (Å²) >= 11 is 0.165. The van der Waals surface area contributed by atoms with Crippen LogP contribution in [0, 0.1) is 0 Å². The van der Waals surface area contributed by atoms with Gasteiger partial charge in [-0.25, -0.2) is 4.98 Å². The molecule has 0 radical (unpaired) electrons. The van der Waals surface area contributed by atoms with Gasteiger partial charge in [0.2, 0.25) is 5.89 Å². The minimum Gasteiger partial charge on any atom is -0.0615 e. The van der Waals surface area contributed by atoms with Crippen LogP contribution in [0.15, 0.2) is 168 Å². The Morgan fingerprint density at radius 2 is 1.15 bits per heavy atom. The van der Waals surface area contributed by atoms with Crippen LogP contribution in [0.1, 0.15) is 0 Å². The number of nitrogens with zero attached hydrogens (tertiary/aromatic N) is 3. The minimum absolute atomic E-state index is 0.165. The number of fused-ring (bicyclic) bond motifs is 9. The van der Waals surface area contributed by atoms with E-state index in [2.05, 4.69) is 127 Å². The summed E-state index contributed by atoms with van der Waals surface area (Å²) in [5, 5.41) is 7.06. The molecule has 0 aliphatic heterocycles. The van der Waals surface area contributed by atoms with Crippen LogP contribution in [-0.2, 0) is 0 Å². The van der Waals surface area contributed by atoms with Gasteiger partial charge in [0, 0.05) is 5.56 Å². The third kappa shape index (κ3) is 4.57. The Morgan fingerprint density at radius 3 is 2.04 bits per heavy atom. The zero-order valence-electron chi connectivity index (χ0n) is 27.7. The summed E-state index contributed by atoms with van der Waals surface area (Å²) in [6, 6.07) is 57.6. The normalized spacial score (nSPS) is 11.8. The van der Waals surface area contributed by atoms with Crippen LogP contribution in [-0.4, -0.2) is 29.5 Å². The van der Waals surface area contributed by atoms with Crippen molar-refractivity contribution in [2.24, 2.45) is 0 Å².